The van der Waals surface area contributed by atoms with Crippen molar-refractivity contribution in [3.63, 3.8) is 0 Å². The maximum Gasteiger partial charge on any atom is 0.394 e. The first-order valence-electron chi connectivity index (χ1n) is 8.13. The number of halogens is 3. The van der Waals surface area contributed by atoms with Crippen LogP contribution in [-0.4, -0.2) is 41.1 Å². The fourth-order valence-corrected chi connectivity index (χ4v) is 3.11. The maximum atomic E-state index is 13.0. The van der Waals surface area contributed by atoms with Gasteiger partial charge in [0.05, 0.1) is 10.8 Å². The van der Waals surface area contributed by atoms with Crippen LogP contribution in [0, 0.1) is 5.41 Å². The predicted molar refractivity (Wildman–Crippen MR) is 86.0 cm³/mol. The van der Waals surface area contributed by atoms with Gasteiger partial charge in [-0.05, 0) is 18.4 Å². The Morgan fingerprint density at radius 2 is 1.64 bits per heavy atom. The quantitative estimate of drug-likeness (QED) is 0.896. The van der Waals surface area contributed by atoms with Crippen LogP contribution in [0.15, 0.2) is 30.3 Å². The lowest BCUT2D eigenvalue weighted by Gasteiger charge is -2.40. The first kappa shape index (κ1) is 19.3. The molecule has 2 rings (SSSR count). The van der Waals surface area contributed by atoms with Crippen molar-refractivity contribution in [2.75, 3.05) is 13.1 Å². The fourth-order valence-electron chi connectivity index (χ4n) is 3.11. The van der Waals surface area contributed by atoms with Gasteiger partial charge in [0.2, 0.25) is 5.91 Å². The molecular weight excluding hydrogens is 335 g/mol. The number of amides is 1. The average Bonchev–Trinajstić information content (AvgIpc) is 2.54. The van der Waals surface area contributed by atoms with Crippen LogP contribution in [0.5, 0.6) is 0 Å². The molecule has 1 aromatic carbocycles. The van der Waals surface area contributed by atoms with E-state index in [-0.39, 0.29) is 25.9 Å². The minimum Gasteiger partial charge on any atom is -0.481 e. The minimum atomic E-state index is -4.46. The van der Waals surface area contributed by atoms with E-state index in [0.717, 1.165) is 13.8 Å². The monoisotopic (exact) mass is 357 g/mol. The van der Waals surface area contributed by atoms with Gasteiger partial charge in [0.15, 0.2) is 0 Å². The molecule has 7 heteroatoms. The number of hydrogen-bond donors (Lipinski definition) is 1. The number of nitrogens with zero attached hydrogens (tertiary/aromatic N) is 1. The number of carbonyl (C=O) groups is 2. The third-order valence-corrected chi connectivity index (χ3v) is 5.07. The van der Waals surface area contributed by atoms with E-state index in [1.54, 1.807) is 30.3 Å². The molecular formula is C18H22F3NO3. The number of benzene rings is 1. The van der Waals surface area contributed by atoms with E-state index in [2.05, 4.69) is 0 Å². The normalized spacial score (nSPS) is 18.0. The zero-order chi connectivity index (χ0) is 18.9. The summed E-state index contributed by atoms with van der Waals surface area (Å²) in [6.07, 6.45) is -4.73. The Hall–Kier alpha value is -2.05. The summed E-state index contributed by atoms with van der Waals surface area (Å²) >= 11 is 0. The van der Waals surface area contributed by atoms with Gasteiger partial charge in [0, 0.05) is 19.5 Å². The number of likely N-dealkylation sites (tertiary alicyclic amines) is 1. The summed E-state index contributed by atoms with van der Waals surface area (Å²) in [5, 5.41) is 9.71. The Bertz CT molecular complexity index is 633. The van der Waals surface area contributed by atoms with Crippen LogP contribution < -0.4 is 0 Å². The van der Waals surface area contributed by atoms with Crippen LogP contribution in [0.2, 0.25) is 0 Å². The average molecular weight is 357 g/mol. The van der Waals surface area contributed by atoms with Crippen molar-refractivity contribution in [1.29, 1.82) is 0 Å². The summed E-state index contributed by atoms with van der Waals surface area (Å²) in [6.45, 7) is 2.27. The van der Waals surface area contributed by atoms with Crippen molar-refractivity contribution >= 4 is 11.9 Å². The first-order valence-corrected chi connectivity index (χ1v) is 8.13. The van der Waals surface area contributed by atoms with Crippen molar-refractivity contribution in [2.45, 2.75) is 44.7 Å². The lowest BCUT2D eigenvalue weighted by molar-refractivity contribution is -0.215. The van der Waals surface area contributed by atoms with E-state index in [1.807, 2.05) is 0 Å². The van der Waals surface area contributed by atoms with Crippen molar-refractivity contribution in [2.24, 2.45) is 5.41 Å². The second kappa shape index (κ2) is 6.69. The molecule has 0 spiro atoms. The highest BCUT2D eigenvalue weighted by atomic mass is 19.4. The van der Waals surface area contributed by atoms with Crippen LogP contribution in [0.4, 0.5) is 13.2 Å². The standard InChI is InChI=1S/C18H22F3NO3/c1-16(2,18(19,20)21)12-14(23)22-10-8-17(9-11-22,15(24)25)13-6-4-3-5-7-13/h3-7H,8-12H2,1-2H3,(H,24,25). The van der Waals surface area contributed by atoms with Gasteiger partial charge in [-0.1, -0.05) is 44.2 Å². The van der Waals surface area contributed by atoms with Crippen molar-refractivity contribution in [3.8, 4) is 0 Å². The van der Waals surface area contributed by atoms with Gasteiger partial charge in [-0.25, -0.2) is 0 Å². The number of rotatable bonds is 4. The number of carboxylic acid groups (broad SMARTS) is 1. The molecule has 1 heterocycles. The van der Waals surface area contributed by atoms with Crippen molar-refractivity contribution in [1.82, 2.24) is 4.90 Å². The van der Waals surface area contributed by atoms with Crippen LogP contribution in [-0.2, 0) is 15.0 Å². The molecule has 138 valence electrons. The van der Waals surface area contributed by atoms with Crippen molar-refractivity contribution < 1.29 is 27.9 Å². The summed E-state index contributed by atoms with van der Waals surface area (Å²) in [5.74, 6) is -1.56. The van der Waals surface area contributed by atoms with Gasteiger partial charge in [0.1, 0.15) is 0 Å². The van der Waals surface area contributed by atoms with E-state index in [1.165, 1.54) is 4.90 Å². The van der Waals surface area contributed by atoms with E-state index < -0.39 is 35.3 Å². The summed E-state index contributed by atoms with van der Waals surface area (Å²) in [6, 6.07) is 8.76. The summed E-state index contributed by atoms with van der Waals surface area (Å²) in [5.41, 5.74) is -2.55. The van der Waals surface area contributed by atoms with E-state index in [4.69, 9.17) is 0 Å². The number of carbonyl (C=O) groups excluding carboxylic acids is 1. The molecule has 1 aliphatic rings. The molecule has 1 fully saturated rings. The predicted octanol–water partition coefficient (Wildman–Crippen LogP) is 3.61. The highest BCUT2D eigenvalue weighted by Gasteiger charge is 2.50. The lowest BCUT2D eigenvalue weighted by atomic mass is 9.72. The molecule has 25 heavy (non-hydrogen) atoms. The van der Waals surface area contributed by atoms with Gasteiger partial charge in [-0.15, -0.1) is 0 Å². The van der Waals surface area contributed by atoms with Crippen LogP contribution in [0.3, 0.4) is 0 Å². The number of alkyl halides is 3. The Morgan fingerprint density at radius 3 is 2.08 bits per heavy atom. The Morgan fingerprint density at radius 1 is 1.12 bits per heavy atom. The van der Waals surface area contributed by atoms with Crippen LogP contribution in [0.25, 0.3) is 0 Å². The summed E-state index contributed by atoms with van der Waals surface area (Å²) in [4.78, 5) is 25.5. The van der Waals surface area contributed by atoms with Crippen LogP contribution in [0.1, 0.15) is 38.7 Å². The molecule has 0 saturated carbocycles. The molecule has 0 bridgehead atoms. The van der Waals surface area contributed by atoms with Gasteiger partial charge >= 0.3 is 12.1 Å². The highest BCUT2D eigenvalue weighted by Crippen LogP contribution is 2.41. The van der Waals surface area contributed by atoms with Gasteiger partial charge < -0.3 is 10.0 Å². The summed E-state index contributed by atoms with van der Waals surface area (Å²) in [7, 11) is 0. The first-order chi connectivity index (χ1) is 11.5. The molecule has 1 aromatic rings. The van der Waals surface area contributed by atoms with E-state index in [0.29, 0.717) is 5.56 Å². The second-order valence-corrected chi connectivity index (χ2v) is 7.19. The smallest absolute Gasteiger partial charge is 0.394 e. The lowest BCUT2D eigenvalue weighted by Crippen LogP contribution is -2.50. The molecule has 0 unspecified atom stereocenters. The van der Waals surface area contributed by atoms with Gasteiger partial charge in [0.25, 0.3) is 0 Å². The number of aliphatic carboxylic acids is 1. The summed E-state index contributed by atoms with van der Waals surface area (Å²) < 4.78 is 38.9. The SMILES string of the molecule is CC(C)(CC(=O)N1CCC(C(=O)O)(c2ccccc2)CC1)C(F)(F)F. The Labute approximate surface area is 144 Å². The Kier molecular flexibility index (Phi) is 5.16. The fraction of sp³-hybridized carbons (Fsp3) is 0.556. The molecule has 4 nitrogen and oxygen atoms in total. The molecule has 1 N–H and O–H groups in total. The Balaban J connectivity index is 2.10. The number of carboxylic acids is 1. The maximum absolute atomic E-state index is 13.0. The third-order valence-electron chi connectivity index (χ3n) is 5.07. The molecule has 1 aliphatic heterocycles. The van der Waals surface area contributed by atoms with E-state index in [9.17, 15) is 27.9 Å². The second-order valence-electron chi connectivity index (χ2n) is 7.19. The molecule has 0 atom stereocenters. The van der Waals surface area contributed by atoms with Crippen LogP contribution >= 0.6 is 0 Å². The van der Waals surface area contributed by atoms with E-state index >= 15 is 0 Å². The van der Waals surface area contributed by atoms with Gasteiger partial charge in [-0.2, -0.15) is 13.2 Å². The largest absolute Gasteiger partial charge is 0.481 e. The van der Waals surface area contributed by atoms with Crippen molar-refractivity contribution in [3.05, 3.63) is 35.9 Å². The molecule has 0 aromatic heterocycles. The van der Waals surface area contributed by atoms with Gasteiger partial charge in [-0.3, -0.25) is 9.59 Å². The highest BCUT2D eigenvalue weighted by molar-refractivity contribution is 5.83. The minimum absolute atomic E-state index is 0.133. The molecule has 1 amide bonds. The molecule has 1 saturated heterocycles. The zero-order valence-electron chi connectivity index (χ0n) is 14.3. The molecule has 0 radical (unpaired) electrons. The molecule has 0 aliphatic carbocycles. The number of hydrogen-bond acceptors (Lipinski definition) is 2. The number of piperidine rings is 1. The third kappa shape index (κ3) is 3.80. The topological polar surface area (TPSA) is 57.6 Å². The zero-order valence-corrected chi connectivity index (χ0v) is 14.3.